The SMILES string of the molecule is CCc1nc2ccccc2n1-c1ccc(-c2c3ccccc3c(-c3ccc4ccccc4c3)c3ccc(-c4ccccc4)cc23)c2ccccc12. The van der Waals surface area contributed by atoms with Gasteiger partial charge in [0.1, 0.15) is 5.82 Å². The summed E-state index contributed by atoms with van der Waals surface area (Å²) >= 11 is 0. The molecule has 0 saturated heterocycles. The van der Waals surface area contributed by atoms with Gasteiger partial charge in [0.2, 0.25) is 0 Å². The molecule has 10 rings (SSSR count). The van der Waals surface area contributed by atoms with Gasteiger partial charge in [-0.2, -0.15) is 0 Å². The molecule has 0 amide bonds. The molecule has 2 nitrogen and oxygen atoms in total. The molecule has 1 heterocycles. The number of rotatable bonds is 5. The number of aryl methyl sites for hydroxylation is 1. The maximum Gasteiger partial charge on any atom is 0.114 e. The van der Waals surface area contributed by atoms with Crippen LogP contribution < -0.4 is 0 Å². The number of hydrogen-bond donors (Lipinski definition) is 0. The molecule has 1 aromatic heterocycles. The molecular weight excluding hydrogens is 617 g/mol. The second kappa shape index (κ2) is 11.8. The molecule has 0 saturated carbocycles. The van der Waals surface area contributed by atoms with E-state index in [9.17, 15) is 0 Å². The first-order chi connectivity index (χ1) is 25.3. The third-order valence-corrected chi connectivity index (χ3v) is 10.5. The predicted octanol–water partition coefficient (Wildman–Crippen LogP) is 13.2. The number of imidazole rings is 1. The van der Waals surface area contributed by atoms with Gasteiger partial charge in [0.05, 0.1) is 16.7 Å². The van der Waals surface area contributed by atoms with Crippen LogP contribution in [0.2, 0.25) is 0 Å². The molecule has 2 heteroatoms. The van der Waals surface area contributed by atoms with Crippen molar-refractivity contribution in [1.29, 1.82) is 0 Å². The molecule has 0 unspecified atom stereocenters. The van der Waals surface area contributed by atoms with Crippen LogP contribution in [0.1, 0.15) is 12.7 Å². The van der Waals surface area contributed by atoms with Gasteiger partial charge in [-0.1, -0.05) is 153 Å². The molecule has 0 fully saturated rings. The molecule has 0 spiro atoms. The van der Waals surface area contributed by atoms with E-state index < -0.39 is 0 Å². The van der Waals surface area contributed by atoms with Crippen molar-refractivity contribution in [3.63, 3.8) is 0 Å². The lowest BCUT2D eigenvalue weighted by Gasteiger charge is -2.21. The Hall–Kier alpha value is -6.51. The van der Waals surface area contributed by atoms with E-state index in [2.05, 4.69) is 187 Å². The lowest BCUT2D eigenvalue weighted by Crippen LogP contribution is -2.01. The van der Waals surface area contributed by atoms with Crippen molar-refractivity contribution in [2.75, 3.05) is 0 Å². The van der Waals surface area contributed by atoms with Crippen LogP contribution in [-0.2, 0) is 6.42 Å². The Kier molecular flexibility index (Phi) is 6.82. The fourth-order valence-electron chi connectivity index (χ4n) is 8.21. The molecule has 0 aliphatic rings. The first-order valence-corrected chi connectivity index (χ1v) is 17.8. The highest BCUT2D eigenvalue weighted by molar-refractivity contribution is 6.24. The Morgan fingerprint density at radius 1 is 0.431 bits per heavy atom. The average Bonchev–Trinajstić information content (AvgIpc) is 3.58. The van der Waals surface area contributed by atoms with Gasteiger partial charge >= 0.3 is 0 Å². The van der Waals surface area contributed by atoms with Gasteiger partial charge in [-0.3, -0.25) is 4.57 Å². The third-order valence-electron chi connectivity index (χ3n) is 10.5. The van der Waals surface area contributed by atoms with E-state index in [0.717, 1.165) is 29.0 Å². The van der Waals surface area contributed by atoms with E-state index in [0.29, 0.717) is 0 Å². The van der Waals surface area contributed by atoms with Crippen molar-refractivity contribution < 1.29 is 0 Å². The van der Waals surface area contributed by atoms with E-state index in [4.69, 9.17) is 4.98 Å². The molecule has 0 radical (unpaired) electrons. The minimum atomic E-state index is 0.846. The van der Waals surface area contributed by atoms with Gasteiger partial charge in [-0.15, -0.1) is 0 Å². The van der Waals surface area contributed by atoms with Crippen molar-refractivity contribution in [3.05, 3.63) is 182 Å². The number of nitrogens with zero attached hydrogens (tertiary/aromatic N) is 2. The summed E-state index contributed by atoms with van der Waals surface area (Å²) in [6, 6.07) is 64.3. The van der Waals surface area contributed by atoms with E-state index in [-0.39, 0.29) is 0 Å². The number of hydrogen-bond acceptors (Lipinski definition) is 1. The second-order valence-electron chi connectivity index (χ2n) is 13.4. The van der Waals surface area contributed by atoms with Crippen molar-refractivity contribution >= 4 is 54.1 Å². The Labute approximate surface area is 296 Å². The first kappa shape index (κ1) is 29.4. The van der Waals surface area contributed by atoms with Crippen molar-refractivity contribution in [2.24, 2.45) is 0 Å². The lowest BCUT2D eigenvalue weighted by atomic mass is 9.83. The minimum Gasteiger partial charge on any atom is -0.296 e. The van der Waals surface area contributed by atoms with E-state index >= 15 is 0 Å². The zero-order valence-electron chi connectivity index (χ0n) is 28.3. The van der Waals surface area contributed by atoms with Crippen molar-refractivity contribution in [2.45, 2.75) is 13.3 Å². The van der Waals surface area contributed by atoms with Crippen LogP contribution in [0.15, 0.2) is 176 Å². The normalized spacial score (nSPS) is 11.7. The van der Waals surface area contributed by atoms with Crippen LogP contribution >= 0.6 is 0 Å². The summed E-state index contributed by atoms with van der Waals surface area (Å²) in [5, 5.41) is 9.94. The van der Waals surface area contributed by atoms with Crippen molar-refractivity contribution in [3.8, 4) is 39.1 Å². The molecule has 9 aromatic carbocycles. The standard InChI is InChI=1S/C49H34N2/c1-2-47-50-44-22-12-13-23-46(44)51(47)45-29-28-41(37-18-8-9-19-38(37)45)49-40-21-11-10-20-39(40)48(36-25-24-33-16-6-7-17-34(33)30-36)42-27-26-35(31-43(42)49)32-14-4-3-5-15-32/h3-31H,2H2,1H3. The smallest absolute Gasteiger partial charge is 0.114 e. The number of fused-ring (bicyclic) bond motifs is 5. The summed E-state index contributed by atoms with van der Waals surface area (Å²) in [7, 11) is 0. The van der Waals surface area contributed by atoms with Gasteiger partial charge in [0, 0.05) is 11.8 Å². The minimum absolute atomic E-state index is 0.846. The molecule has 0 N–H and O–H groups in total. The van der Waals surface area contributed by atoms with Gasteiger partial charge in [-0.05, 0) is 101 Å². The zero-order chi connectivity index (χ0) is 33.9. The van der Waals surface area contributed by atoms with Crippen LogP contribution in [0, 0.1) is 0 Å². The Morgan fingerprint density at radius 3 is 1.90 bits per heavy atom. The Balaban J connectivity index is 1.32. The number of benzene rings is 9. The van der Waals surface area contributed by atoms with Crippen molar-refractivity contribution in [1.82, 2.24) is 9.55 Å². The Morgan fingerprint density at radius 2 is 1.08 bits per heavy atom. The molecule has 0 atom stereocenters. The van der Waals surface area contributed by atoms with Gasteiger partial charge in [0.15, 0.2) is 0 Å². The molecule has 0 bridgehead atoms. The van der Waals surface area contributed by atoms with E-state index in [1.165, 1.54) is 76.5 Å². The third kappa shape index (κ3) is 4.68. The molecule has 240 valence electrons. The van der Waals surface area contributed by atoms with Crippen LogP contribution in [0.4, 0.5) is 0 Å². The summed E-state index contributed by atoms with van der Waals surface area (Å²) in [6.45, 7) is 2.19. The fourth-order valence-corrected chi connectivity index (χ4v) is 8.21. The van der Waals surface area contributed by atoms with E-state index in [1.807, 2.05) is 0 Å². The summed E-state index contributed by atoms with van der Waals surface area (Å²) in [5.74, 6) is 1.07. The van der Waals surface area contributed by atoms with Crippen LogP contribution in [0.3, 0.4) is 0 Å². The summed E-state index contributed by atoms with van der Waals surface area (Å²) in [4.78, 5) is 5.04. The fraction of sp³-hybridized carbons (Fsp3) is 0.0408. The highest BCUT2D eigenvalue weighted by Gasteiger charge is 2.21. The molecular formula is C49H34N2. The summed E-state index contributed by atoms with van der Waals surface area (Å²) in [6.07, 6.45) is 0.846. The topological polar surface area (TPSA) is 17.8 Å². The quantitative estimate of drug-likeness (QED) is 0.170. The molecule has 0 aliphatic heterocycles. The monoisotopic (exact) mass is 650 g/mol. The predicted molar refractivity (Wildman–Crippen MR) is 217 cm³/mol. The summed E-state index contributed by atoms with van der Waals surface area (Å²) < 4.78 is 2.36. The highest BCUT2D eigenvalue weighted by atomic mass is 15.1. The van der Waals surface area contributed by atoms with Crippen LogP contribution in [0.5, 0.6) is 0 Å². The Bertz CT molecular complexity index is 2950. The number of aromatic nitrogens is 2. The van der Waals surface area contributed by atoms with Gasteiger partial charge < -0.3 is 0 Å². The molecule has 51 heavy (non-hydrogen) atoms. The zero-order valence-corrected chi connectivity index (χ0v) is 28.3. The van der Waals surface area contributed by atoms with E-state index in [1.54, 1.807) is 0 Å². The van der Waals surface area contributed by atoms with Gasteiger partial charge in [-0.25, -0.2) is 4.98 Å². The first-order valence-electron chi connectivity index (χ1n) is 17.8. The second-order valence-corrected chi connectivity index (χ2v) is 13.4. The van der Waals surface area contributed by atoms with Crippen LogP contribution in [-0.4, -0.2) is 9.55 Å². The molecule has 10 aromatic rings. The summed E-state index contributed by atoms with van der Waals surface area (Å²) in [5.41, 5.74) is 10.7. The maximum atomic E-state index is 5.04. The highest BCUT2D eigenvalue weighted by Crippen LogP contribution is 2.47. The number of para-hydroxylation sites is 2. The molecule has 0 aliphatic carbocycles. The lowest BCUT2D eigenvalue weighted by molar-refractivity contribution is 0.913. The largest absolute Gasteiger partial charge is 0.296 e. The van der Waals surface area contributed by atoms with Gasteiger partial charge in [0.25, 0.3) is 0 Å². The average molecular weight is 651 g/mol. The van der Waals surface area contributed by atoms with Crippen LogP contribution in [0.25, 0.3) is 93.2 Å². The maximum absolute atomic E-state index is 5.04.